The maximum atomic E-state index is 12.9. The molecule has 0 saturated carbocycles. The van der Waals surface area contributed by atoms with Crippen LogP contribution in [0.5, 0.6) is 0 Å². The lowest BCUT2D eigenvalue weighted by Gasteiger charge is -2.38. The van der Waals surface area contributed by atoms with E-state index in [0.717, 1.165) is 33.6 Å². The number of allylic oxidation sites excluding steroid dienone is 3. The van der Waals surface area contributed by atoms with Crippen LogP contribution in [0.3, 0.4) is 0 Å². The van der Waals surface area contributed by atoms with Gasteiger partial charge in [0.1, 0.15) is 0 Å². The van der Waals surface area contributed by atoms with Crippen molar-refractivity contribution >= 4 is 11.5 Å². The molecule has 2 aliphatic carbocycles. The average molecular weight is 331 g/mol. The van der Waals surface area contributed by atoms with Gasteiger partial charge in [0.25, 0.3) is 0 Å². The predicted octanol–water partition coefficient (Wildman–Crippen LogP) is 3.99. The van der Waals surface area contributed by atoms with Crippen molar-refractivity contribution in [1.29, 1.82) is 0 Å². The third-order valence-corrected chi connectivity index (χ3v) is 5.17. The fourth-order valence-electron chi connectivity index (χ4n) is 4.12. The van der Waals surface area contributed by atoms with Crippen molar-refractivity contribution < 1.29 is 18.0 Å². The molecule has 2 atom stereocenters. The maximum Gasteiger partial charge on any atom is 0.471 e. The summed E-state index contributed by atoms with van der Waals surface area (Å²) >= 11 is 0. The third kappa shape index (κ3) is 2.40. The summed E-state index contributed by atoms with van der Waals surface area (Å²) < 4.78 is 38.6. The molecule has 1 saturated heterocycles. The van der Waals surface area contributed by atoms with Gasteiger partial charge in [-0.05, 0) is 54.2 Å². The number of carbonyl (C=O) groups excluding carboxylic acids is 1. The lowest BCUT2D eigenvalue weighted by molar-refractivity contribution is -0.189. The van der Waals surface area contributed by atoms with Gasteiger partial charge in [-0.1, -0.05) is 18.2 Å². The number of nitrogens with zero attached hydrogens (tertiary/aromatic N) is 1. The Balaban J connectivity index is 1.67. The molecular formula is C19H16F3NO. The summed E-state index contributed by atoms with van der Waals surface area (Å²) in [6.07, 6.45) is 2.86. The van der Waals surface area contributed by atoms with Crippen LogP contribution in [-0.2, 0) is 11.2 Å². The van der Waals surface area contributed by atoms with E-state index < -0.39 is 12.1 Å². The monoisotopic (exact) mass is 331 g/mol. The Kier molecular flexibility index (Phi) is 3.43. The minimum Gasteiger partial charge on any atom is -0.331 e. The molecule has 24 heavy (non-hydrogen) atoms. The molecule has 124 valence electrons. The van der Waals surface area contributed by atoms with Crippen LogP contribution in [-0.4, -0.2) is 29.6 Å². The number of alkyl halides is 3. The molecule has 0 radical (unpaired) electrons. The first-order chi connectivity index (χ1) is 11.4. The van der Waals surface area contributed by atoms with E-state index in [1.165, 1.54) is 0 Å². The fourth-order valence-corrected chi connectivity index (χ4v) is 4.12. The highest BCUT2D eigenvalue weighted by molar-refractivity contribution is 5.83. The van der Waals surface area contributed by atoms with Gasteiger partial charge in [-0.3, -0.25) is 4.79 Å². The van der Waals surface area contributed by atoms with E-state index in [-0.39, 0.29) is 18.5 Å². The molecule has 1 fully saturated rings. The number of halogens is 3. The Morgan fingerprint density at radius 3 is 2.83 bits per heavy atom. The number of likely N-dealkylation sites (tertiary alicyclic amines) is 1. The van der Waals surface area contributed by atoms with Gasteiger partial charge in [0.15, 0.2) is 0 Å². The quantitative estimate of drug-likeness (QED) is 0.713. The Hall–Kier alpha value is -2.26. The van der Waals surface area contributed by atoms with E-state index >= 15 is 0 Å². The second-order valence-electron chi connectivity index (χ2n) is 6.51. The normalized spacial score (nSPS) is 24.8. The summed E-state index contributed by atoms with van der Waals surface area (Å²) in [5.74, 6) is -1.70. The number of fused-ring (bicyclic) bond motifs is 3. The SMILES string of the molecule is O=C(N1CCCC2c3cc(C4=C=CC=C4)ccc3CC21)C(F)(F)F. The van der Waals surface area contributed by atoms with Crippen molar-refractivity contribution in [2.45, 2.75) is 37.4 Å². The van der Waals surface area contributed by atoms with Crippen LogP contribution < -0.4 is 0 Å². The summed E-state index contributed by atoms with van der Waals surface area (Å²) in [6, 6.07) is 5.66. The molecule has 0 aromatic heterocycles. The van der Waals surface area contributed by atoms with Crippen LogP contribution in [0, 0.1) is 0 Å². The molecule has 0 N–H and O–H groups in total. The van der Waals surface area contributed by atoms with Gasteiger partial charge in [0.2, 0.25) is 0 Å². The molecule has 1 aromatic carbocycles. The molecule has 0 bridgehead atoms. The van der Waals surface area contributed by atoms with Crippen LogP contribution in [0.25, 0.3) is 5.57 Å². The van der Waals surface area contributed by atoms with Crippen LogP contribution >= 0.6 is 0 Å². The smallest absolute Gasteiger partial charge is 0.331 e. The molecule has 5 heteroatoms. The van der Waals surface area contributed by atoms with E-state index in [4.69, 9.17) is 0 Å². The number of rotatable bonds is 1. The first kappa shape index (κ1) is 15.3. The van der Waals surface area contributed by atoms with Crippen molar-refractivity contribution in [1.82, 2.24) is 4.90 Å². The van der Waals surface area contributed by atoms with E-state index in [2.05, 4.69) is 11.8 Å². The van der Waals surface area contributed by atoms with Crippen molar-refractivity contribution in [3.63, 3.8) is 0 Å². The Labute approximate surface area is 138 Å². The highest BCUT2D eigenvalue weighted by Gasteiger charge is 2.49. The van der Waals surface area contributed by atoms with Gasteiger partial charge in [-0.25, -0.2) is 0 Å². The molecule has 1 amide bonds. The second-order valence-corrected chi connectivity index (χ2v) is 6.51. The largest absolute Gasteiger partial charge is 0.471 e. The second kappa shape index (κ2) is 5.38. The minimum absolute atomic E-state index is 0.00466. The van der Waals surface area contributed by atoms with Gasteiger partial charge in [0.05, 0.1) is 0 Å². The highest BCUT2D eigenvalue weighted by Crippen LogP contribution is 2.44. The van der Waals surface area contributed by atoms with Gasteiger partial charge >= 0.3 is 12.1 Å². The molecule has 0 spiro atoms. The minimum atomic E-state index is -4.80. The molecular weight excluding hydrogens is 315 g/mol. The number of hydrogen-bond acceptors (Lipinski definition) is 1. The standard InChI is InChI=1S/C19H16F3NO/c20-19(21,22)18(24)23-9-3-6-15-16-10-13(12-4-1-2-5-12)7-8-14(16)11-17(15)23/h1-2,4,7-8,10,15,17H,3,6,9,11H2. The highest BCUT2D eigenvalue weighted by atomic mass is 19.4. The summed E-state index contributed by atoms with van der Waals surface area (Å²) in [5, 5.41) is 0. The number of piperidine rings is 1. The fraction of sp³-hybridized carbons (Fsp3) is 0.368. The molecule has 2 nitrogen and oxygen atoms in total. The van der Waals surface area contributed by atoms with Crippen molar-refractivity contribution in [3.8, 4) is 0 Å². The number of hydrogen-bond donors (Lipinski definition) is 0. The average Bonchev–Trinajstić information content (AvgIpc) is 3.20. The van der Waals surface area contributed by atoms with Crippen molar-refractivity contribution in [2.75, 3.05) is 6.54 Å². The zero-order chi connectivity index (χ0) is 16.9. The number of benzene rings is 1. The van der Waals surface area contributed by atoms with E-state index in [0.29, 0.717) is 12.8 Å². The molecule has 1 aliphatic heterocycles. The maximum absolute atomic E-state index is 12.9. The zero-order valence-electron chi connectivity index (χ0n) is 12.9. The van der Waals surface area contributed by atoms with Crippen molar-refractivity contribution in [2.24, 2.45) is 0 Å². The molecule has 2 unspecified atom stereocenters. The lowest BCUT2D eigenvalue weighted by Crippen LogP contribution is -2.51. The number of carbonyl (C=O) groups is 1. The third-order valence-electron chi connectivity index (χ3n) is 5.17. The summed E-state index contributed by atoms with van der Waals surface area (Å²) in [5.41, 5.74) is 7.31. The first-order valence-electron chi connectivity index (χ1n) is 8.09. The lowest BCUT2D eigenvalue weighted by atomic mass is 9.87. The van der Waals surface area contributed by atoms with Gasteiger partial charge in [0, 0.05) is 24.1 Å². The Morgan fingerprint density at radius 1 is 1.29 bits per heavy atom. The first-order valence-corrected chi connectivity index (χ1v) is 8.09. The molecule has 1 aromatic rings. The van der Waals surface area contributed by atoms with E-state index in [9.17, 15) is 18.0 Å². The molecule has 4 rings (SSSR count). The topological polar surface area (TPSA) is 20.3 Å². The van der Waals surface area contributed by atoms with Gasteiger partial charge in [-0.15, -0.1) is 5.73 Å². The molecule has 3 aliphatic rings. The summed E-state index contributed by atoms with van der Waals surface area (Å²) in [4.78, 5) is 12.8. The predicted molar refractivity (Wildman–Crippen MR) is 84.3 cm³/mol. The summed E-state index contributed by atoms with van der Waals surface area (Å²) in [6.45, 7) is 0.191. The van der Waals surface area contributed by atoms with Crippen LogP contribution in [0.4, 0.5) is 13.2 Å². The zero-order valence-corrected chi connectivity index (χ0v) is 12.9. The van der Waals surface area contributed by atoms with E-state index in [1.807, 2.05) is 30.4 Å². The van der Waals surface area contributed by atoms with Gasteiger partial charge < -0.3 is 4.90 Å². The van der Waals surface area contributed by atoms with Gasteiger partial charge in [-0.2, -0.15) is 13.2 Å². The Morgan fingerprint density at radius 2 is 2.12 bits per heavy atom. The van der Waals surface area contributed by atoms with Crippen LogP contribution in [0.2, 0.25) is 0 Å². The molecule has 1 heterocycles. The van der Waals surface area contributed by atoms with E-state index in [1.54, 1.807) is 0 Å². The van der Waals surface area contributed by atoms with Crippen molar-refractivity contribution in [3.05, 3.63) is 58.8 Å². The van der Waals surface area contributed by atoms with Crippen LogP contribution in [0.15, 0.2) is 42.2 Å². The summed E-state index contributed by atoms with van der Waals surface area (Å²) in [7, 11) is 0. The Bertz CT molecular complexity index is 799. The van der Waals surface area contributed by atoms with Crippen LogP contribution in [0.1, 0.15) is 35.4 Å². The number of amides is 1.